The topological polar surface area (TPSA) is 66.9 Å². The molecule has 2 fully saturated rings. The lowest BCUT2D eigenvalue weighted by atomic mass is 10.1. The fourth-order valence-electron chi connectivity index (χ4n) is 4.64. The summed E-state index contributed by atoms with van der Waals surface area (Å²) in [4.78, 5) is 18.0. The van der Waals surface area contributed by atoms with Crippen molar-refractivity contribution in [3.05, 3.63) is 59.7 Å². The molecule has 6 nitrogen and oxygen atoms in total. The van der Waals surface area contributed by atoms with E-state index in [0.717, 1.165) is 38.0 Å². The van der Waals surface area contributed by atoms with Crippen LogP contribution in [0.25, 0.3) is 0 Å². The number of ether oxygens (including phenoxy) is 1. The molecule has 2 aliphatic rings. The van der Waals surface area contributed by atoms with Crippen molar-refractivity contribution in [1.29, 1.82) is 0 Å². The first-order chi connectivity index (χ1) is 14.8. The standard InChI is InChI=1S/C24H30N2O4S/c1-24(25-15-3-4-16-25)14-5-17-26(24)23(27)20-8-10-21(11-9-20)30-18-19-6-12-22(13-7-19)31(2,28)29/h6-13H,3-5,14-18H2,1-2H3/t24-/m0/s1. The number of sulfone groups is 1. The highest BCUT2D eigenvalue weighted by atomic mass is 32.2. The molecule has 1 amide bonds. The number of hydrogen-bond donors (Lipinski definition) is 0. The summed E-state index contributed by atoms with van der Waals surface area (Å²) in [6.07, 6.45) is 5.68. The largest absolute Gasteiger partial charge is 0.489 e. The summed E-state index contributed by atoms with van der Waals surface area (Å²) in [5.41, 5.74) is 1.38. The van der Waals surface area contributed by atoms with Crippen LogP contribution < -0.4 is 4.74 Å². The summed E-state index contributed by atoms with van der Waals surface area (Å²) in [7, 11) is -3.20. The smallest absolute Gasteiger partial charge is 0.255 e. The third-order valence-corrected chi connectivity index (χ3v) is 7.63. The number of benzene rings is 2. The number of likely N-dealkylation sites (tertiary alicyclic amines) is 2. The van der Waals surface area contributed by atoms with E-state index in [2.05, 4.69) is 11.8 Å². The summed E-state index contributed by atoms with van der Waals surface area (Å²) < 4.78 is 28.9. The third-order valence-electron chi connectivity index (χ3n) is 6.50. The molecule has 7 heteroatoms. The number of rotatable bonds is 6. The van der Waals surface area contributed by atoms with Gasteiger partial charge in [0, 0.05) is 31.5 Å². The molecule has 2 aromatic carbocycles. The Balaban J connectivity index is 1.39. The Labute approximate surface area is 184 Å². The van der Waals surface area contributed by atoms with Crippen LogP contribution in [0.15, 0.2) is 53.4 Å². The number of carbonyl (C=O) groups is 1. The molecule has 2 saturated heterocycles. The van der Waals surface area contributed by atoms with Crippen molar-refractivity contribution in [2.45, 2.75) is 49.8 Å². The number of amides is 1. The van der Waals surface area contributed by atoms with Gasteiger partial charge in [-0.1, -0.05) is 12.1 Å². The Morgan fingerprint density at radius 3 is 2.23 bits per heavy atom. The van der Waals surface area contributed by atoms with E-state index in [1.807, 2.05) is 29.2 Å². The number of nitrogens with zero attached hydrogens (tertiary/aromatic N) is 2. The average Bonchev–Trinajstić information content (AvgIpc) is 3.43. The van der Waals surface area contributed by atoms with E-state index in [1.54, 1.807) is 24.3 Å². The molecule has 0 bridgehead atoms. The van der Waals surface area contributed by atoms with Gasteiger partial charge in [0.05, 0.1) is 10.6 Å². The zero-order valence-corrected chi connectivity index (χ0v) is 19.0. The molecule has 31 heavy (non-hydrogen) atoms. The van der Waals surface area contributed by atoms with Gasteiger partial charge in [-0.15, -0.1) is 0 Å². The van der Waals surface area contributed by atoms with E-state index < -0.39 is 9.84 Å². The minimum atomic E-state index is -3.20. The van der Waals surface area contributed by atoms with Crippen molar-refractivity contribution >= 4 is 15.7 Å². The Kier molecular flexibility index (Phi) is 6.08. The van der Waals surface area contributed by atoms with Gasteiger partial charge in [-0.2, -0.15) is 0 Å². The molecule has 0 aromatic heterocycles. The molecule has 1 atom stereocenters. The molecular weight excluding hydrogens is 412 g/mol. The molecule has 0 radical (unpaired) electrons. The SMILES string of the molecule is C[C@@]1(N2CCCC2)CCCN1C(=O)c1ccc(OCc2ccc(S(C)(=O)=O)cc2)cc1. The van der Waals surface area contributed by atoms with Crippen LogP contribution in [0.2, 0.25) is 0 Å². The minimum absolute atomic E-state index is 0.0785. The fraction of sp³-hybridized carbons (Fsp3) is 0.458. The van der Waals surface area contributed by atoms with Gasteiger partial charge in [-0.3, -0.25) is 9.69 Å². The monoisotopic (exact) mass is 442 g/mol. The molecule has 0 N–H and O–H groups in total. The van der Waals surface area contributed by atoms with Crippen LogP contribution in [0, 0.1) is 0 Å². The molecule has 166 valence electrons. The summed E-state index contributed by atoms with van der Waals surface area (Å²) in [5, 5.41) is 0. The maximum absolute atomic E-state index is 13.2. The van der Waals surface area contributed by atoms with Crippen molar-refractivity contribution in [3.63, 3.8) is 0 Å². The molecule has 0 spiro atoms. The van der Waals surface area contributed by atoms with Crippen LogP contribution in [-0.4, -0.2) is 55.7 Å². The van der Waals surface area contributed by atoms with Gasteiger partial charge in [0.25, 0.3) is 5.91 Å². The van der Waals surface area contributed by atoms with Crippen LogP contribution in [0.5, 0.6) is 5.75 Å². The van der Waals surface area contributed by atoms with E-state index in [0.29, 0.717) is 22.8 Å². The van der Waals surface area contributed by atoms with Gasteiger partial charge in [0.2, 0.25) is 0 Å². The highest BCUT2D eigenvalue weighted by molar-refractivity contribution is 7.90. The van der Waals surface area contributed by atoms with E-state index >= 15 is 0 Å². The van der Waals surface area contributed by atoms with Crippen LogP contribution in [0.4, 0.5) is 0 Å². The highest BCUT2D eigenvalue weighted by Gasteiger charge is 2.44. The van der Waals surface area contributed by atoms with E-state index in [4.69, 9.17) is 4.74 Å². The first-order valence-corrected chi connectivity index (χ1v) is 12.8. The molecule has 0 saturated carbocycles. The summed E-state index contributed by atoms with van der Waals surface area (Å²) >= 11 is 0. The minimum Gasteiger partial charge on any atom is -0.489 e. The van der Waals surface area contributed by atoms with Gasteiger partial charge in [-0.05, 0) is 74.6 Å². The second kappa shape index (κ2) is 8.63. The van der Waals surface area contributed by atoms with Crippen molar-refractivity contribution < 1.29 is 17.9 Å². The lowest BCUT2D eigenvalue weighted by Crippen LogP contribution is -2.56. The molecule has 2 heterocycles. The van der Waals surface area contributed by atoms with Crippen LogP contribution >= 0.6 is 0 Å². The predicted molar refractivity (Wildman–Crippen MR) is 120 cm³/mol. The average molecular weight is 443 g/mol. The lowest BCUT2D eigenvalue weighted by Gasteiger charge is -2.42. The third kappa shape index (κ3) is 4.62. The lowest BCUT2D eigenvalue weighted by molar-refractivity contribution is 0.00458. The Bertz CT molecular complexity index is 1030. The fourth-order valence-corrected chi connectivity index (χ4v) is 5.28. The van der Waals surface area contributed by atoms with Crippen molar-refractivity contribution in [2.75, 3.05) is 25.9 Å². The maximum Gasteiger partial charge on any atom is 0.255 e. The number of hydrogen-bond acceptors (Lipinski definition) is 5. The second-order valence-electron chi connectivity index (χ2n) is 8.70. The second-order valence-corrected chi connectivity index (χ2v) is 10.7. The molecule has 2 aromatic rings. The normalized spacial score (nSPS) is 22.1. The number of carbonyl (C=O) groups excluding carboxylic acids is 1. The van der Waals surface area contributed by atoms with Gasteiger partial charge in [-0.25, -0.2) is 8.42 Å². The van der Waals surface area contributed by atoms with E-state index in [1.165, 1.54) is 19.1 Å². The van der Waals surface area contributed by atoms with Gasteiger partial charge >= 0.3 is 0 Å². The van der Waals surface area contributed by atoms with Gasteiger partial charge in [0.1, 0.15) is 12.4 Å². The van der Waals surface area contributed by atoms with Gasteiger partial charge < -0.3 is 9.64 Å². The molecule has 2 aliphatic heterocycles. The van der Waals surface area contributed by atoms with Gasteiger partial charge in [0.15, 0.2) is 9.84 Å². The summed E-state index contributed by atoms with van der Waals surface area (Å²) in [6, 6.07) is 14.0. The van der Waals surface area contributed by atoms with Crippen molar-refractivity contribution in [3.8, 4) is 5.75 Å². The molecule has 0 unspecified atom stereocenters. The Hall–Kier alpha value is -2.38. The Morgan fingerprint density at radius 2 is 1.61 bits per heavy atom. The zero-order valence-electron chi connectivity index (χ0n) is 18.2. The van der Waals surface area contributed by atoms with E-state index in [-0.39, 0.29) is 11.6 Å². The van der Waals surface area contributed by atoms with Crippen LogP contribution in [0.3, 0.4) is 0 Å². The van der Waals surface area contributed by atoms with E-state index in [9.17, 15) is 13.2 Å². The highest BCUT2D eigenvalue weighted by Crippen LogP contribution is 2.36. The zero-order chi connectivity index (χ0) is 22.1. The molecule has 4 rings (SSSR count). The Morgan fingerprint density at radius 1 is 0.968 bits per heavy atom. The maximum atomic E-state index is 13.2. The van der Waals surface area contributed by atoms with Crippen molar-refractivity contribution in [1.82, 2.24) is 9.80 Å². The predicted octanol–water partition coefficient (Wildman–Crippen LogP) is 3.72. The first kappa shape index (κ1) is 21.8. The van der Waals surface area contributed by atoms with Crippen LogP contribution in [0.1, 0.15) is 48.5 Å². The first-order valence-electron chi connectivity index (χ1n) is 10.9. The molecule has 0 aliphatic carbocycles. The van der Waals surface area contributed by atoms with Crippen LogP contribution in [-0.2, 0) is 16.4 Å². The summed E-state index contributed by atoms with van der Waals surface area (Å²) in [5.74, 6) is 0.752. The summed E-state index contributed by atoms with van der Waals surface area (Å²) in [6.45, 7) is 5.47. The quantitative estimate of drug-likeness (QED) is 0.682. The van der Waals surface area contributed by atoms with Crippen molar-refractivity contribution in [2.24, 2.45) is 0 Å². The molecular formula is C24H30N2O4S.